The van der Waals surface area contributed by atoms with E-state index >= 15 is 0 Å². The van der Waals surface area contributed by atoms with Gasteiger partial charge in [-0.3, -0.25) is 9.59 Å². The maximum Gasteiger partial charge on any atom is 0.309 e. The summed E-state index contributed by atoms with van der Waals surface area (Å²) in [6.07, 6.45) is -0.895. The number of aryl methyl sites for hydroxylation is 3. The van der Waals surface area contributed by atoms with E-state index in [2.05, 4.69) is 10.6 Å². The molecule has 0 unspecified atom stereocenters. The van der Waals surface area contributed by atoms with Crippen molar-refractivity contribution < 1.29 is 22.7 Å². The molecule has 1 fully saturated rings. The lowest BCUT2D eigenvalue weighted by atomic mass is 10.1. The number of sulfonamides is 1. The number of benzene rings is 2. The summed E-state index contributed by atoms with van der Waals surface area (Å²) >= 11 is 5.83. The molecule has 2 N–H and O–H groups in total. The second kappa shape index (κ2) is 9.99. The SMILES string of the molecule is Cc1cc(C)c(S(=O)(=O)N2CCO[C@@H]2CNC(=O)C(=O)NCc2ccc(Cl)cc2)c(C)c1. The number of carbonyl (C=O) groups excluding carboxylic acids is 2. The number of nitrogens with zero attached hydrogens (tertiary/aromatic N) is 1. The van der Waals surface area contributed by atoms with E-state index in [1.54, 1.807) is 38.1 Å². The molecule has 32 heavy (non-hydrogen) atoms. The molecule has 172 valence electrons. The smallest absolute Gasteiger partial charge is 0.309 e. The van der Waals surface area contributed by atoms with Gasteiger partial charge in [0.15, 0.2) is 0 Å². The van der Waals surface area contributed by atoms with Crippen molar-refractivity contribution in [3.8, 4) is 0 Å². The van der Waals surface area contributed by atoms with Crippen molar-refractivity contribution in [2.45, 2.75) is 38.4 Å². The fraction of sp³-hybridized carbons (Fsp3) is 0.364. The van der Waals surface area contributed by atoms with Gasteiger partial charge in [-0.05, 0) is 49.6 Å². The maximum atomic E-state index is 13.3. The number of hydrogen-bond acceptors (Lipinski definition) is 5. The number of nitrogens with one attached hydrogen (secondary N) is 2. The Morgan fingerprint density at radius 2 is 1.66 bits per heavy atom. The van der Waals surface area contributed by atoms with Crippen LogP contribution in [0.5, 0.6) is 0 Å². The van der Waals surface area contributed by atoms with Gasteiger partial charge in [0.05, 0.1) is 18.0 Å². The molecule has 8 nitrogen and oxygen atoms in total. The minimum Gasteiger partial charge on any atom is -0.359 e. The van der Waals surface area contributed by atoms with Crippen LogP contribution < -0.4 is 10.6 Å². The molecule has 1 atom stereocenters. The molecule has 2 aromatic carbocycles. The highest BCUT2D eigenvalue weighted by molar-refractivity contribution is 7.89. The summed E-state index contributed by atoms with van der Waals surface area (Å²) < 4.78 is 33.4. The maximum absolute atomic E-state index is 13.3. The summed E-state index contributed by atoms with van der Waals surface area (Å²) in [4.78, 5) is 24.5. The molecule has 3 rings (SSSR count). The van der Waals surface area contributed by atoms with Crippen molar-refractivity contribution in [1.82, 2.24) is 14.9 Å². The van der Waals surface area contributed by atoms with Crippen LogP contribution in [0.3, 0.4) is 0 Å². The summed E-state index contributed by atoms with van der Waals surface area (Å²) in [6.45, 7) is 5.81. The summed E-state index contributed by atoms with van der Waals surface area (Å²) in [6, 6.07) is 10.5. The zero-order valence-corrected chi connectivity index (χ0v) is 19.7. The Kier molecular flexibility index (Phi) is 7.55. The van der Waals surface area contributed by atoms with E-state index < -0.39 is 28.1 Å². The van der Waals surface area contributed by atoms with Crippen molar-refractivity contribution in [3.63, 3.8) is 0 Å². The van der Waals surface area contributed by atoms with Gasteiger partial charge in [0.2, 0.25) is 10.0 Å². The summed E-state index contributed by atoms with van der Waals surface area (Å²) in [5.41, 5.74) is 3.07. The second-order valence-electron chi connectivity index (χ2n) is 7.69. The van der Waals surface area contributed by atoms with Crippen LogP contribution in [0, 0.1) is 20.8 Å². The topological polar surface area (TPSA) is 105 Å². The lowest BCUT2D eigenvalue weighted by Gasteiger charge is -2.24. The predicted octanol–water partition coefficient (Wildman–Crippen LogP) is 2.04. The molecular formula is C22H26ClN3O5S. The molecule has 0 saturated carbocycles. The van der Waals surface area contributed by atoms with Gasteiger partial charge < -0.3 is 15.4 Å². The van der Waals surface area contributed by atoms with Gasteiger partial charge in [-0.25, -0.2) is 8.42 Å². The Hall–Kier alpha value is -2.46. The molecule has 10 heteroatoms. The highest BCUT2D eigenvalue weighted by atomic mass is 35.5. The van der Waals surface area contributed by atoms with Crippen molar-refractivity contribution in [2.24, 2.45) is 0 Å². The fourth-order valence-corrected chi connectivity index (χ4v) is 5.81. The van der Waals surface area contributed by atoms with Crippen LogP contribution in [0.25, 0.3) is 0 Å². The van der Waals surface area contributed by atoms with E-state index in [1.807, 2.05) is 19.1 Å². The Morgan fingerprint density at radius 1 is 1.06 bits per heavy atom. The average molecular weight is 480 g/mol. The van der Waals surface area contributed by atoms with Gasteiger partial charge in [-0.2, -0.15) is 4.31 Å². The van der Waals surface area contributed by atoms with Gasteiger partial charge >= 0.3 is 11.8 Å². The molecular weight excluding hydrogens is 454 g/mol. The Morgan fingerprint density at radius 3 is 2.28 bits per heavy atom. The third-order valence-electron chi connectivity index (χ3n) is 5.12. The number of halogens is 1. The molecule has 0 aromatic heterocycles. The van der Waals surface area contributed by atoms with Crippen LogP contribution in [0.1, 0.15) is 22.3 Å². The first-order chi connectivity index (χ1) is 15.1. The molecule has 0 bridgehead atoms. The Labute approximate surface area is 192 Å². The predicted molar refractivity (Wildman–Crippen MR) is 121 cm³/mol. The van der Waals surface area contributed by atoms with Crippen LogP contribution >= 0.6 is 11.6 Å². The molecule has 1 saturated heterocycles. The minimum atomic E-state index is -3.84. The molecule has 0 spiro atoms. The molecule has 1 aliphatic heterocycles. The van der Waals surface area contributed by atoms with Gasteiger partial charge in [-0.15, -0.1) is 0 Å². The number of carbonyl (C=O) groups is 2. The molecule has 0 radical (unpaired) electrons. The van der Waals surface area contributed by atoms with E-state index in [4.69, 9.17) is 16.3 Å². The number of amides is 2. The summed E-state index contributed by atoms with van der Waals surface area (Å²) in [5, 5.41) is 5.55. The highest BCUT2D eigenvalue weighted by Gasteiger charge is 2.38. The quantitative estimate of drug-likeness (QED) is 0.617. The monoisotopic (exact) mass is 479 g/mol. The molecule has 2 aromatic rings. The zero-order valence-electron chi connectivity index (χ0n) is 18.1. The Balaban J connectivity index is 1.61. The minimum absolute atomic E-state index is 0.142. The molecule has 0 aliphatic carbocycles. The number of ether oxygens (including phenoxy) is 1. The molecule has 1 aliphatic rings. The third-order valence-corrected chi connectivity index (χ3v) is 7.57. The van der Waals surface area contributed by atoms with Crippen LogP contribution in [-0.4, -0.2) is 50.5 Å². The lowest BCUT2D eigenvalue weighted by Crippen LogP contribution is -2.47. The first-order valence-electron chi connectivity index (χ1n) is 10.1. The van der Waals surface area contributed by atoms with Crippen LogP contribution in [0.2, 0.25) is 5.02 Å². The normalized spacial score (nSPS) is 16.7. The van der Waals surface area contributed by atoms with E-state index in [9.17, 15) is 18.0 Å². The van der Waals surface area contributed by atoms with Crippen LogP contribution in [0.4, 0.5) is 0 Å². The van der Waals surface area contributed by atoms with Crippen molar-refractivity contribution in [3.05, 3.63) is 63.7 Å². The standard InChI is InChI=1S/C22H26ClN3O5S/c1-14-10-15(2)20(16(3)11-14)32(29,30)26-8-9-31-19(26)13-25-22(28)21(27)24-12-17-4-6-18(23)7-5-17/h4-7,10-11,19H,8-9,12-13H2,1-3H3,(H,24,27)(H,25,28)/t19-/m1/s1. The van der Waals surface area contributed by atoms with E-state index in [0.29, 0.717) is 16.1 Å². The average Bonchev–Trinajstić information content (AvgIpc) is 3.20. The van der Waals surface area contributed by atoms with Crippen LogP contribution in [-0.2, 0) is 30.9 Å². The summed E-state index contributed by atoms with van der Waals surface area (Å²) in [5.74, 6) is -1.69. The van der Waals surface area contributed by atoms with Gasteiger partial charge in [0.1, 0.15) is 6.23 Å². The third kappa shape index (κ3) is 5.47. The molecule has 2 amide bonds. The Bertz CT molecular complexity index is 1100. The zero-order chi connectivity index (χ0) is 23.5. The first-order valence-corrected chi connectivity index (χ1v) is 11.9. The van der Waals surface area contributed by atoms with Gasteiger partial charge in [0, 0.05) is 18.1 Å². The van der Waals surface area contributed by atoms with E-state index in [1.165, 1.54) is 4.31 Å². The van der Waals surface area contributed by atoms with E-state index in [0.717, 1.165) is 11.1 Å². The van der Waals surface area contributed by atoms with Crippen molar-refractivity contribution >= 4 is 33.4 Å². The number of hydrogen-bond donors (Lipinski definition) is 2. The largest absolute Gasteiger partial charge is 0.359 e. The lowest BCUT2D eigenvalue weighted by molar-refractivity contribution is -0.139. The van der Waals surface area contributed by atoms with E-state index in [-0.39, 0.29) is 31.1 Å². The van der Waals surface area contributed by atoms with Crippen LogP contribution in [0.15, 0.2) is 41.3 Å². The van der Waals surface area contributed by atoms with Gasteiger partial charge in [0.25, 0.3) is 0 Å². The van der Waals surface area contributed by atoms with Gasteiger partial charge in [-0.1, -0.05) is 41.4 Å². The van der Waals surface area contributed by atoms with Crippen molar-refractivity contribution in [2.75, 3.05) is 19.7 Å². The van der Waals surface area contributed by atoms with Crippen molar-refractivity contribution in [1.29, 1.82) is 0 Å². The first kappa shape index (κ1) is 24.2. The second-order valence-corrected chi connectivity index (χ2v) is 9.95. The fourth-order valence-electron chi connectivity index (χ4n) is 3.76. The molecule has 1 heterocycles. The summed E-state index contributed by atoms with van der Waals surface area (Å²) in [7, 11) is -3.84. The highest BCUT2D eigenvalue weighted by Crippen LogP contribution is 2.28. The number of rotatable bonds is 6.